The highest BCUT2D eigenvalue weighted by Crippen LogP contribution is 2.03. The van der Waals surface area contributed by atoms with E-state index >= 15 is 0 Å². The Morgan fingerprint density at radius 2 is 1.94 bits per heavy atom. The van der Waals surface area contributed by atoms with Gasteiger partial charge >= 0.3 is 0 Å². The smallest absolute Gasteiger partial charge is 0.244 e. The molecule has 0 aromatic carbocycles. The summed E-state index contributed by atoms with van der Waals surface area (Å²) < 4.78 is 0. The highest BCUT2D eigenvalue weighted by Gasteiger charge is 1.99. The van der Waals surface area contributed by atoms with Gasteiger partial charge in [0.2, 0.25) is 5.95 Å². The van der Waals surface area contributed by atoms with E-state index in [-0.39, 0.29) is 0 Å². The molecule has 0 saturated heterocycles. The molecule has 0 aliphatic heterocycles. The maximum absolute atomic E-state index is 4.35. The Kier molecular flexibility index (Phi) is 7.01. The van der Waals surface area contributed by atoms with E-state index in [0.29, 0.717) is 5.95 Å². The van der Waals surface area contributed by atoms with Crippen molar-refractivity contribution in [3.8, 4) is 0 Å². The summed E-state index contributed by atoms with van der Waals surface area (Å²) in [6, 6.07) is 0. The fraction of sp³-hybridized carbons (Fsp3) is 0.750. The van der Waals surface area contributed by atoms with Crippen molar-refractivity contribution < 1.29 is 0 Å². The zero-order valence-electron chi connectivity index (χ0n) is 11.6. The highest BCUT2D eigenvalue weighted by atomic mass is 15.3. The van der Waals surface area contributed by atoms with Crippen molar-refractivity contribution in [1.29, 1.82) is 0 Å². The molecule has 0 aliphatic rings. The Labute approximate surface area is 109 Å². The van der Waals surface area contributed by atoms with Gasteiger partial charge in [-0.2, -0.15) is 10.1 Å². The zero-order valence-corrected chi connectivity index (χ0v) is 11.6. The number of nitrogens with zero attached hydrogens (tertiary/aromatic N) is 4. The Hall–Kier alpha value is -1.43. The van der Waals surface area contributed by atoms with Crippen LogP contribution in [0.1, 0.15) is 26.2 Å². The van der Waals surface area contributed by atoms with Gasteiger partial charge in [-0.3, -0.25) is 0 Å². The first-order valence-electron chi connectivity index (χ1n) is 6.54. The standard InChI is InChI=1S/C12H24N6/c1-4-5-7-13-11-10-15-17-12(16-11)14-8-6-9-18(2)3/h10H,4-9H2,1-3H3,(H2,13,14,16,17). The van der Waals surface area contributed by atoms with Crippen molar-refractivity contribution in [3.05, 3.63) is 6.20 Å². The summed E-state index contributed by atoms with van der Waals surface area (Å²) in [6.07, 6.45) is 5.02. The van der Waals surface area contributed by atoms with Crippen LogP contribution in [0.15, 0.2) is 6.20 Å². The molecule has 0 amide bonds. The fourth-order valence-electron chi connectivity index (χ4n) is 1.45. The summed E-state index contributed by atoms with van der Waals surface area (Å²) in [4.78, 5) is 6.51. The second-order valence-electron chi connectivity index (χ2n) is 4.53. The maximum atomic E-state index is 4.35. The summed E-state index contributed by atoms with van der Waals surface area (Å²) in [5, 5.41) is 14.3. The van der Waals surface area contributed by atoms with Crippen LogP contribution < -0.4 is 10.6 Å². The third-order valence-electron chi connectivity index (χ3n) is 2.46. The molecule has 0 fully saturated rings. The predicted octanol–water partition coefficient (Wildman–Crippen LogP) is 1.45. The first-order chi connectivity index (χ1) is 8.72. The van der Waals surface area contributed by atoms with Gasteiger partial charge in [-0.1, -0.05) is 13.3 Å². The largest absolute Gasteiger partial charge is 0.369 e. The van der Waals surface area contributed by atoms with E-state index in [1.54, 1.807) is 6.20 Å². The Morgan fingerprint density at radius 1 is 1.17 bits per heavy atom. The molecular formula is C12H24N6. The van der Waals surface area contributed by atoms with Crippen molar-refractivity contribution in [2.24, 2.45) is 0 Å². The zero-order chi connectivity index (χ0) is 13.2. The highest BCUT2D eigenvalue weighted by molar-refractivity contribution is 5.36. The summed E-state index contributed by atoms with van der Waals surface area (Å²) in [6.45, 7) is 5.00. The third kappa shape index (κ3) is 6.34. The Morgan fingerprint density at radius 3 is 2.67 bits per heavy atom. The van der Waals surface area contributed by atoms with Crippen LogP contribution in [-0.4, -0.2) is 53.8 Å². The fourth-order valence-corrected chi connectivity index (χ4v) is 1.45. The molecule has 102 valence electrons. The SMILES string of the molecule is CCCCNc1cnnc(NCCCN(C)C)n1. The summed E-state index contributed by atoms with van der Waals surface area (Å²) in [7, 11) is 4.13. The lowest BCUT2D eigenvalue weighted by Gasteiger charge is -2.10. The average molecular weight is 252 g/mol. The molecule has 2 N–H and O–H groups in total. The molecule has 0 aliphatic carbocycles. The number of aromatic nitrogens is 3. The van der Waals surface area contributed by atoms with Crippen LogP contribution in [0.2, 0.25) is 0 Å². The number of unbranched alkanes of at least 4 members (excludes halogenated alkanes) is 1. The predicted molar refractivity (Wildman–Crippen MR) is 74.9 cm³/mol. The van der Waals surface area contributed by atoms with E-state index in [1.807, 2.05) is 0 Å². The summed E-state index contributed by atoms with van der Waals surface area (Å²) >= 11 is 0. The van der Waals surface area contributed by atoms with Crippen LogP contribution in [0.3, 0.4) is 0 Å². The quantitative estimate of drug-likeness (QED) is 0.648. The average Bonchev–Trinajstić information content (AvgIpc) is 2.35. The Balaban J connectivity index is 2.30. The van der Waals surface area contributed by atoms with Gasteiger partial charge in [0.1, 0.15) is 5.82 Å². The lowest BCUT2D eigenvalue weighted by Crippen LogP contribution is -2.17. The molecule has 0 bridgehead atoms. The first-order valence-corrected chi connectivity index (χ1v) is 6.54. The number of anilines is 2. The minimum absolute atomic E-state index is 0.593. The van der Waals surface area contributed by atoms with E-state index in [9.17, 15) is 0 Å². The summed E-state index contributed by atoms with van der Waals surface area (Å²) in [5.74, 6) is 1.38. The molecule has 6 nitrogen and oxygen atoms in total. The molecular weight excluding hydrogens is 228 g/mol. The molecule has 1 aromatic rings. The molecule has 0 saturated carbocycles. The van der Waals surface area contributed by atoms with Crippen molar-refractivity contribution in [1.82, 2.24) is 20.1 Å². The number of rotatable bonds is 9. The van der Waals surface area contributed by atoms with Crippen molar-refractivity contribution in [2.75, 3.05) is 44.4 Å². The van der Waals surface area contributed by atoms with Crippen LogP contribution in [0.25, 0.3) is 0 Å². The molecule has 1 heterocycles. The van der Waals surface area contributed by atoms with Gasteiger partial charge in [0.25, 0.3) is 0 Å². The molecule has 0 unspecified atom stereocenters. The number of hydrogen-bond donors (Lipinski definition) is 2. The monoisotopic (exact) mass is 252 g/mol. The van der Waals surface area contributed by atoms with E-state index < -0.39 is 0 Å². The maximum Gasteiger partial charge on any atom is 0.244 e. The van der Waals surface area contributed by atoms with E-state index in [0.717, 1.165) is 38.3 Å². The first kappa shape index (κ1) is 14.6. The van der Waals surface area contributed by atoms with Gasteiger partial charge in [-0.25, -0.2) is 0 Å². The lowest BCUT2D eigenvalue weighted by molar-refractivity contribution is 0.405. The van der Waals surface area contributed by atoms with Gasteiger partial charge in [-0.05, 0) is 33.5 Å². The molecule has 0 atom stereocenters. The van der Waals surface area contributed by atoms with Crippen LogP contribution >= 0.6 is 0 Å². The van der Waals surface area contributed by atoms with Crippen LogP contribution in [0.5, 0.6) is 0 Å². The molecule has 18 heavy (non-hydrogen) atoms. The Bertz CT molecular complexity index is 328. The normalized spacial score (nSPS) is 10.7. The minimum atomic E-state index is 0.593. The summed E-state index contributed by atoms with van der Waals surface area (Å²) in [5.41, 5.74) is 0. The molecule has 0 radical (unpaired) electrons. The topological polar surface area (TPSA) is 66.0 Å². The van der Waals surface area contributed by atoms with E-state index in [4.69, 9.17) is 0 Å². The van der Waals surface area contributed by atoms with Crippen molar-refractivity contribution in [2.45, 2.75) is 26.2 Å². The lowest BCUT2D eigenvalue weighted by atomic mass is 10.3. The van der Waals surface area contributed by atoms with Crippen LogP contribution in [-0.2, 0) is 0 Å². The molecule has 1 aromatic heterocycles. The van der Waals surface area contributed by atoms with Crippen molar-refractivity contribution in [3.63, 3.8) is 0 Å². The minimum Gasteiger partial charge on any atom is -0.369 e. The van der Waals surface area contributed by atoms with Gasteiger partial charge in [0, 0.05) is 13.1 Å². The number of nitrogens with one attached hydrogen (secondary N) is 2. The molecule has 6 heteroatoms. The van der Waals surface area contributed by atoms with Gasteiger partial charge in [-0.15, -0.1) is 5.10 Å². The van der Waals surface area contributed by atoms with Crippen LogP contribution in [0.4, 0.5) is 11.8 Å². The van der Waals surface area contributed by atoms with Gasteiger partial charge in [0.05, 0.1) is 6.20 Å². The second kappa shape index (κ2) is 8.63. The molecule has 1 rings (SSSR count). The molecule has 0 spiro atoms. The van der Waals surface area contributed by atoms with Gasteiger partial charge in [0.15, 0.2) is 0 Å². The van der Waals surface area contributed by atoms with E-state index in [1.165, 1.54) is 6.42 Å². The third-order valence-corrected chi connectivity index (χ3v) is 2.46. The number of hydrogen-bond acceptors (Lipinski definition) is 6. The van der Waals surface area contributed by atoms with Crippen LogP contribution in [0, 0.1) is 0 Å². The second-order valence-corrected chi connectivity index (χ2v) is 4.53. The van der Waals surface area contributed by atoms with Gasteiger partial charge < -0.3 is 15.5 Å². The van der Waals surface area contributed by atoms with Crippen molar-refractivity contribution >= 4 is 11.8 Å². The van der Waals surface area contributed by atoms with E-state index in [2.05, 4.69) is 51.7 Å².